The van der Waals surface area contributed by atoms with Crippen LogP contribution in [0.2, 0.25) is 0 Å². The van der Waals surface area contributed by atoms with Gasteiger partial charge in [0.15, 0.2) is 0 Å². The Morgan fingerprint density at radius 2 is 1.64 bits per heavy atom. The number of rotatable bonds is 8. The molecule has 0 heterocycles. The molecule has 6 nitrogen and oxygen atoms in total. The number of ether oxygens (including phenoxy) is 2. The van der Waals surface area contributed by atoms with E-state index in [0.29, 0.717) is 12.3 Å². The second-order valence-corrected chi connectivity index (χ2v) is 7.53. The highest BCUT2D eigenvalue weighted by atomic mass is 16.5. The zero-order valence-electron chi connectivity index (χ0n) is 16.7. The van der Waals surface area contributed by atoms with Crippen molar-refractivity contribution < 1.29 is 24.2 Å². The Bertz CT molecular complexity index is 822. The van der Waals surface area contributed by atoms with Crippen LogP contribution in [0.3, 0.4) is 0 Å². The lowest BCUT2D eigenvalue weighted by molar-refractivity contribution is -0.138. The first-order valence-corrected chi connectivity index (χ1v) is 9.13. The Labute approximate surface area is 165 Å². The van der Waals surface area contributed by atoms with Crippen LogP contribution in [0.25, 0.3) is 0 Å². The lowest BCUT2D eigenvalue weighted by Crippen LogP contribution is -2.23. The Morgan fingerprint density at radius 3 is 2.21 bits per heavy atom. The molecule has 1 amide bonds. The minimum absolute atomic E-state index is 0.0242. The molecular formula is C22H27NO5. The van der Waals surface area contributed by atoms with Gasteiger partial charge in [-0.25, -0.2) is 0 Å². The molecule has 0 bridgehead atoms. The Morgan fingerprint density at radius 1 is 1.00 bits per heavy atom. The third kappa shape index (κ3) is 6.30. The molecule has 2 aromatic carbocycles. The molecule has 2 rings (SSSR count). The maximum Gasteiger partial charge on any atom is 0.303 e. The summed E-state index contributed by atoms with van der Waals surface area (Å²) in [6.07, 6.45) is -0.194. The summed E-state index contributed by atoms with van der Waals surface area (Å²) >= 11 is 0. The minimum atomic E-state index is -0.982. The van der Waals surface area contributed by atoms with E-state index in [2.05, 4.69) is 26.1 Å². The van der Waals surface area contributed by atoms with Crippen LogP contribution in [0.5, 0.6) is 17.2 Å². The summed E-state index contributed by atoms with van der Waals surface area (Å²) in [5.41, 5.74) is 1.84. The molecule has 0 saturated carbocycles. The first-order valence-electron chi connectivity index (χ1n) is 9.13. The second-order valence-electron chi connectivity index (χ2n) is 7.53. The fourth-order valence-electron chi connectivity index (χ4n) is 2.62. The van der Waals surface area contributed by atoms with Crippen molar-refractivity contribution in [2.75, 3.05) is 7.11 Å². The maximum absolute atomic E-state index is 11.6. The molecule has 0 aliphatic rings. The first kappa shape index (κ1) is 21.3. The number of amides is 1. The number of hydrogen-bond donors (Lipinski definition) is 2. The van der Waals surface area contributed by atoms with E-state index in [4.69, 9.17) is 14.6 Å². The number of benzene rings is 2. The third-order valence-corrected chi connectivity index (χ3v) is 4.20. The van der Waals surface area contributed by atoms with Crippen molar-refractivity contribution in [3.05, 3.63) is 53.6 Å². The van der Waals surface area contributed by atoms with Gasteiger partial charge < -0.3 is 19.9 Å². The lowest BCUT2D eigenvalue weighted by atomic mass is 9.86. The highest BCUT2D eigenvalue weighted by Crippen LogP contribution is 2.36. The number of carboxylic acids is 1. The second kappa shape index (κ2) is 9.26. The van der Waals surface area contributed by atoms with Crippen LogP contribution >= 0.6 is 0 Å². The summed E-state index contributed by atoms with van der Waals surface area (Å²) in [7, 11) is 1.64. The van der Waals surface area contributed by atoms with Crippen LogP contribution in [0.4, 0.5) is 0 Å². The van der Waals surface area contributed by atoms with Crippen LogP contribution in [0.1, 0.15) is 44.7 Å². The molecule has 0 fully saturated rings. The van der Waals surface area contributed by atoms with Gasteiger partial charge in [-0.1, -0.05) is 32.9 Å². The van der Waals surface area contributed by atoms with E-state index >= 15 is 0 Å². The topological polar surface area (TPSA) is 84.9 Å². The molecule has 2 N–H and O–H groups in total. The van der Waals surface area contributed by atoms with Crippen molar-refractivity contribution in [3.63, 3.8) is 0 Å². The molecular weight excluding hydrogens is 358 g/mol. The summed E-state index contributed by atoms with van der Waals surface area (Å²) in [6, 6.07) is 13.2. The summed E-state index contributed by atoms with van der Waals surface area (Å²) < 4.78 is 11.4. The van der Waals surface area contributed by atoms with Gasteiger partial charge in [0.05, 0.1) is 13.5 Å². The molecule has 6 heteroatoms. The SMILES string of the molecule is COc1ccc(Oc2ccc(CNC(=O)CCC(=O)O)cc2)c(C(C)(C)C)c1. The summed E-state index contributed by atoms with van der Waals surface area (Å²) in [5, 5.41) is 11.3. The Hall–Kier alpha value is -3.02. The molecule has 0 aliphatic carbocycles. The number of nitrogens with one attached hydrogen (secondary N) is 1. The van der Waals surface area contributed by atoms with Gasteiger partial charge in [0.2, 0.25) is 5.91 Å². The molecule has 0 aromatic heterocycles. The number of aliphatic carboxylic acids is 1. The predicted molar refractivity (Wildman–Crippen MR) is 107 cm³/mol. The van der Waals surface area contributed by atoms with E-state index in [1.54, 1.807) is 7.11 Å². The van der Waals surface area contributed by atoms with Gasteiger partial charge in [-0.2, -0.15) is 0 Å². The van der Waals surface area contributed by atoms with Crippen molar-refractivity contribution in [1.82, 2.24) is 5.32 Å². The van der Waals surface area contributed by atoms with Crippen LogP contribution in [0, 0.1) is 0 Å². The normalized spacial score (nSPS) is 11.0. The van der Waals surface area contributed by atoms with Gasteiger partial charge in [-0.15, -0.1) is 0 Å². The third-order valence-electron chi connectivity index (χ3n) is 4.20. The van der Waals surface area contributed by atoms with Gasteiger partial charge >= 0.3 is 5.97 Å². The molecule has 150 valence electrons. The van der Waals surface area contributed by atoms with Gasteiger partial charge in [0, 0.05) is 18.5 Å². The molecule has 0 aliphatic heterocycles. The Kier molecular flexibility index (Phi) is 7.04. The number of hydrogen-bond acceptors (Lipinski definition) is 4. The standard InChI is InChI=1S/C22H27NO5/c1-22(2,3)18-13-17(27-4)9-10-19(18)28-16-7-5-15(6-8-16)14-23-20(24)11-12-21(25)26/h5-10,13H,11-12,14H2,1-4H3,(H,23,24)(H,25,26). The van der Waals surface area contributed by atoms with Gasteiger partial charge in [-0.3, -0.25) is 9.59 Å². The van der Waals surface area contributed by atoms with E-state index in [1.165, 1.54) is 0 Å². The average Bonchev–Trinajstić information content (AvgIpc) is 2.65. The van der Waals surface area contributed by atoms with E-state index < -0.39 is 5.97 Å². The van der Waals surface area contributed by atoms with E-state index in [0.717, 1.165) is 22.6 Å². The highest BCUT2D eigenvalue weighted by Gasteiger charge is 2.20. The number of carbonyl (C=O) groups is 2. The Balaban J connectivity index is 2.03. The first-order chi connectivity index (χ1) is 13.2. The smallest absolute Gasteiger partial charge is 0.303 e. The summed E-state index contributed by atoms with van der Waals surface area (Å²) in [5.74, 6) is 0.978. The molecule has 0 atom stereocenters. The van der Waals surface area contributed by atoms with Crippen molar-refractivity contribution >= 4 is 11.9 Å². The van der Waals surface area contributed by atoms with E-state index in [1.807, 2.05) is 42.5 Å². The monoisotopic (exact) mass is 385 g/mol. The van der Waals surface area contributed by atoms with Crippen molar-refractivity contribution in [2.45, 2.75) is 45.6 Å². The van der Waals surface area contributed by atoms with Gasteiger partial charge in [0.1, 0.15) is 17.2 Å². The summed E-state index contributed by atoms with van der Waals surface area (Å²) in [6.45, 7) is 6.69. The number of carbonyl (C=O) groups excluding carboxylic acids is 1. The molecule has 0 saturated heterocycles. The number of carboxylic acid groups (broad SMARTS) is 1. The van der Waals surface area contributed by atoms with Crippen LogP contribution in [-0.4, -0.2) is 24.1 Å². The fourth-order valence-corrected chi connectivity index (χ4v) is 2.62. The van der Waals surface area contributed by atoms with Gasteiger partial charge in [-0.05, 0) is 41.3 Å². The minimum Gasteiger partial charge on any atom is -0.497 e. The molecule has 28 heavy (non-hydrogen) atoms. The van der Waals surface area contributed by atoms with Gasteiger partial charge in [0.25, 0.3) is 0 Å². The zero-order valence-corrected chi connectivity index (χ0v) is 16.7. The molecule has 2 aromatic rings. The maximum atomic E-state index is 11.6. The predicted octanol–water partition coefficient (Wildman–Crippen LogP) is 4.27. The van der Waals surface area contributed by atoms with Crippen molar-refractivity contribution in [2.24, 2.45) is 0 Å². The van der Waals surface area contributed by atoms with Crippen molar-refractivity contribution in [1.29, 1.82) is 0 Å². The zero-order chi connectivity index (χ0) is 20.7. The number of methoxy groups -OCH3 is 1. The van der Waals surface area contributed by atoms with Crippen LogP contribution < -0.4 is 14.8 Å². The largest absolute Gasteiger partial charge is 0.497 e. The van der Waals surface area contributed by atoms with Crippen LogP contribution in [-0.2, 0) is 21.5 Å². The quantitative estimate of drug-likeness (QED) is 0.709. The summed E-state index contributed by atoms with van der Waals surface area (Å²) in [4.78, 5) is 22.1. The van der Waals surface area contributed by atoms with E-state index in [9.17, 15) is 9.59 Å². The fraction of sp³-hybridized carbons (Fsp3) is 0.364. The average molecular weight is 385 g/mol. The molecule has 0 spiro atoms. The van der Waals surface area contributed by atoms with Crippen molar-refractivity contribution in [3.8, 4) is 17.2 Å². The molecule has 0 unspecified atom stereocenters. The van der Waals surface area contributed by atoms with Crippen LogP contribution in [0.15, 0.2) is 42.5 Å². The highest BCUT2D eigenvalue weighted by molar-refractivity contribution is 5.80. The molecule has 0 radical (unpaired) electrons. The van der Waals surface area contributed by atoms with E-state index in [-0.39, 0.29) is 24.2 Å². The lowest BCUT2D eigenvalue weighted by Gasteiger charge is -2.23.